The van der Waals surface area contributed by atoms with Gasteiger partial charge < -0.3 is 9.47 Å². The van der Waals surface area contributed by atoms with Crippen LogP contribution in [0.25, 0.3) is 0 Å². The zero-order chi connectivity index (χ0) is 18.0. The minimum atomic E-state index is -1.10. The Morgan fingerprint density at radius 1 is 1.08 bits per heavy atom. The van der Waals surface area contributed by atoms with Crippen molar-refractivity contribution in [1.29, 1.82) is 0 Å². The molecule has 1 aromatic rings. The minimum absolute atomic E-state index is 0.0792. The molecule has 0 heterocycles. The predicted octanol–water partition coefficient (Wildman–Crippen LogP) is 3.61. The van der Waals surface area contributed by atoms with Gasteiger partial charge in [-0.1, -0.05) is 25.5 Å². The van der Waals surface area contributed by atoms with E-state index in [0.717, 1.165) is 18.4 Å². The molecule has 0 atom stereocenters. The van der Waals surface area contributed by atoms with Crippen LogP contribution in [-0.4, -0.2) is 31.4 Å². The third-order valence-electron chi connectivity index (χ3n) is 3.42. The van der Waals surface area contributed by atoms with Crippen molar-refractivity contribution in [1.82, 2.24) is 0 Å². The summed E-state index contributed by atoms with van der Waals surface area (Å²) in [5.41, 5.74) is 0.986. The molecule has 24 heavy (non-hydrogen) atoms. The monoisotopic (exact) mass is 340 g/mol. The zero-order valence-electron chi connectivity index (χ0n) is 14.5. The maximum Gasteiger partial charge on any atom is 0.543 e. The summed E-state index contributed by atoms with van der Waals surface area (Å²) < 4.78 is 9.92. The van der Waals surface area contributed by atoms with Crippen molar-refractivity contribution < 1.29 is 33.9 Å². The number of methoxy groups -OCH3 is 1. The molecule has 0 bridgehead atoms. The highest BCUT2D eigenvalue weighted by Crippen LogP contribution is 2.13. The summed E-state index contributed by atoms with van der Waals surface area (Å²) in [4.78, 5) is 31.5. The van der Waals surface area contributed by atoms with Gasteiger partial charge in [-0.3, -0.25) is 4.89 Å². The van der Waals surface area contributed by atoms with E-state index in [1.807, 2.05) is 26.0 Å². The molecule has 0 aliphatic carbocycles. The van der Waals surface area contributed by atoms with Gasteiger partial charge in [-0.2, -0.15) is 0 Å². The van der Waals surface area contributed by atoms with Gasteiger partial charge >= 0.3 is 12.1 Å². The lowest BCUT2D eigenvalue weighted by Crippen LogP contribution is -2.25. The average molecular weight is 340 g/mol. The summed E-state index contributed by atoms with van der Waals surface area (Å²) in [6.45, 7) is 5.86. The number of carbonyl (C=O) groups is 2. The molecule has 0 aliphatic rings. The molecule has 0 saturated carbocycles. The fraction of sp³-hybridized carbons (Fsp3) is 0.529. The van der Waals surface area contributed by atoms with Gasteiger partial charge in [0.25, 0.3) is 0 Å². The van der Waals surface area contributed by atoms with Gasteiger partial charge in [-0.05, 0) is 38.0 Å². The number of aryl methyl sites for hydroxylation is 1. The van der Waals surface area contributed by atoms with Crippen LogP contribution in [0, 0.1) is 0 Å². The second kappa shape index (κ2) is 9.89. The number of hydrogen-bond donors (Lipinski definition) is 0. The first-order chi connectivity index (χ1) is 11.4. The fourth-order valence-electron chi connectivity index (χ4n) is 1.73. The van der Waals surface area contributed by atoms with Crippen LogP contribution in [0.3, 0.4) is 0 Å². The van der Waals surface area contributed by atoms with Gasteiger partial charge in [0.15, 0.2) is 0 Å². The molecular formula is C17H24O7. The van der Waals surface area contributed by atoms with Gasteiger partial charge in [-0.15, -0.1) is 0 Å². The topological polar surface area (TPSA) is 80.3 Å². The van der Waals surface area contributed by atoms with E-state index >= 15 is 0 Å². The van der Waals surface area contributed by atoms with Crippen molar-refractivity contribution in [2.24, 2.45) is 0 Å². The molecule has 7 nitrogen and oxygen atoms in total. The van der Waals surface area contributed by atoms with E-state index in [-0.39, 0.29) is 12.2 Å². The Bertz CT molecular complexity index is 522. The molecule has 7 heteroatoms. The molecule has 1 rings (SSSR count). The largest absolute Gasteiger partial charge is 0.543 e. The SMILES string of the molecule is CCCc1ccc(C(=O)OOOC(=O)OCCC(C)(C)OC)cc1. The first-order valence-electron chi connectivity index (χ1n) is 7.74. The third-order valence-corrected chi connectivity index (χ3v) is 3.42. The third kappa shape index (κ3) is 7.43. The number of benzene rings is 1. The number of carbonyl (C=O) groups excluding carboxylic acids is 2. The van der Waals surface area contributed by atoms with Crippen molar-refractivity contribution in [2.75, 3.05) is 13.7 Å². The lowest BCUT2D eigenvalue weighted by molar-refractivity contribution is -0.452. The van der Waals surface area contributed by atoms with Crippen LogP contribution in [0.2, 0.25) is 0 Å². The fourth-order valence-corrected chi connectivity index (χ4v) is 1.73. The maximum absolute atomic E-state index is 11.7. The Morgan fingerprint density at radius 3 is 2.33 bits per heavy atom. The average Bonchev–Trinajstić information content (AvgIpc) is 2.55. The predicted molar refractivity (Wildman–Crippen MR) is 85.1 cm³/mol. The quantitative estimate of drug-likeness (QED) is 0.386. The number of rotatable bonds is 9. The van der Waals surface area contributed by atoms with Crippen LogP contribution in [0.1, 0.15) is 49.5 Å². The van der Waals surface area contributed by atoms with Crippen LogP contribution in [0.15, 0.2) is 24.3 Å². The van der Waals surface area contributed by atoms with Crippen LogP contribution in [-0.2, 0) is 30.7 Å². The summed E-state index contributed by atoms with van der Waals surface area (Å²) in [5.74, 6) is -0.772. The second-order valence-electron chi connectivity index (χ2n) is 5.78. The van der Waals surface area contributed by atoms with E-state index in [2.05, 4.69) is 21.7 Å². The van der Waals surface area contributed by atoms with Crippen LogP contribution in [0.4, 0.5) is 4.79 Å². The van der Waals surface area contributed by atoms with Crippen molar-refractivity contribution in [3.05, 3.63) is 35.4 Å². The van der Waals surface area contributed by atoms with Crippen LogP contribution in [0.5, 0.6) is 0 Å². The summed E-state index contributed by atoms with van der Waals surface area (Å²) in [6, 6.07) is 6.88. The number of ether oxygens (including phenoxy) is 2. The van der Waals surface area contributed by atoms with Crippen molar-refractivity contribution >= 4 is 12.1 Å². The Balaban J connectivity index is 2.26. The normalized spacial score (nSPS) is 11.0. The molecular weight excluding hydrogens is 316 g/mol. The molecule has 0 aliphatic heterocycles. The molecule has 1 aromatic carbocycles. The van der Waals surface area contributed by atoms with Gasteiger partial charge in [0.2, 0.25) is 0 Å². The highest BCUT2D eigenvalue weighted by molar-refractivity contribution is 5.88. The van der Waals surface area contributed by atoms with Gasteiger partial charge in [0.05, 0.1) is 22.8 Å². The minimum Gasteiger partial charge on any atom is -0.432 e. The molecule has 0 saturated heterocycles. The first kappa shape index (κ1) is 19.9. The number of hydrogen-bond acceptors (Lipinski definition) is 7. The molecule has 134 valence electrons. The molecule has 0 radical (unpaired) electrons. The van der Waals surface area contributed by atoms with E-state index < -0.39 is 17.7 Å². The second-order valence-corrected chi connectivity index (χ2v) is 5.78. The van der Waals surface area contributed by atoms with Gasteiger partial charge in [0, 0.05) is 13.5 Å². The molecule has 0 spiro atoms. The molecule has 0 unspecified atom stereocenters. The standard InChI is InChI=1S/C17H24O7/c1-5-6-13-7-9-14(10-8-13)15(18)22-24-23-16(19)21-12-11-17(2,3)20-4/h7-10H,5-6,11-12H2,1-4H3. The lowest BCUT2D eigenvalue weighted by Gasteiger charge is -2.21. The highest BCUT2D eigenvalue weighted by Gasteiger charge is 2.18. The Kier molecular flexibility index (Phi) is 8.21. The summed E-state index contributed by atoms with van der Waals surface area (Å²) >= 11 is 0. The summed E-state index contributed by atoms with van der Waals surface area (Å²) in [6.07, 6.45) is 1.32. The first-order valence-corrected chi connectivity index (χ1v) is 7.74. The summed E-state index contributed by atoms with van der Waals surface area (Å²) in [7, 11) is 1.57. The smallest absolute Gasteiger partial charge is 0.432 e. The molecule has 0 aromatic heterocycles. The molecule has 0 fully saturated rings. The van der Waals surface area contributed by atoms with Crippen LogP contribution < -0.4 is 0 Å². The Morgan fingerprint density at radius 2 is 1.75 bits per heavy atom. The van der Waals surface area contributed by atoms with Crippen molar-refractivity contribution in [3.8, 4) is 0 Å². The van der Waals surface area contributed by atoms with E-state index in [4.69, 9.17) is 9.47 Å². The van der Waals surface area contributed by atoms with E-state index in [1.54, 1.807) is 19.2 Å². The van der Waals surface area contributed by atoms with E-state index in [0.29, 0.717) is 6.42 Å². The Hall–Kier alpha value is -2.12. The lowest BCUT2D eigenvalue weighted by atomic mass is 10.1. The highest BCUT2D eigenvalue weighted by atomic mass is 17.5. The maximum atomic E-state index is 11.7. The zero-order valence-corrected chi connectivity index (χ0v) is 14.5. The van der Waals surface area contributed by atoms with Gasteiger partial charge in [0.1, 0.15) is 0 Å². The molecule has 0 amide bonds. The summed E-state index contributed by atoms with van der Waals surface area (Å²) in [5, 5.41) is 4.14. The van der Waals surface area contributed by atoms with E-state index in [1.165, 1.54) is 0 Å². The van der Waals surface area contributed by atoms with Crippen molar-refractivity contribution in [2.45, 2.75) is 45.6 Å². The Labute approximate surface area is 141 Å². The van der Waals surface area contributed by atoms with E-state index in [9.17, 15) is 9.59 Å². The molecule has 0 N–H and O–H groups in total. The van der Waals surface area contributed by atoms with Crippen LogP contribution >= 0.6 is 0 Å². The van der Waals surface area contributed by atoms with Gasteiger partial charge in [-0.25, -0.2) is 14.5 Å². The van der Waals surface area contributed by atoms with Crippen molar-refractivity contribution in [3.63, 3.8) is 0 Å².